The van der Waals surface area contributed by atoms with E-state index in [-0.39, 0.29) is 5.75 Å². The molecule has 1 aromatic carbocycles. The van der Waals surface area contributed by atoms with Crippen LogP contribution in [0.4, 0.5) is 0 Å². The zero-order valence-corrected chi connectivity index (χ0v) is 8.91. The highest BCUT2D eigenvalue weighted by Gasteiger charge is 2.13. The number of allylic oxidation sites excluding steroid dienone is 1. The van der Waals surface area contributed by atoms with Gasteiger partial charge in [-0.05, 0) is 25.0 Å². The standard InChI is InChI=1S/C12H14O3/c1-4-5-9-6-7-10(12(14)15-3)8(2)11(9)13/h4,6-7,13H,1,5H2,2-3H3. The van der Waals surface area contributed by atoms with Crippen molar-refractivity contribution in [2.24, 2.45) is 0 Å². The van der Waals surface area contributed by atoms with E-state index in [1.54, 1.807) is 25.1 Å². The Morgan fingerprint density at radius 2 is 2.27 bits per heavy atom. The van der Waals surface area contributed by atoms with Gasteiger partial charge in [0.1, 0.15) is 5.75 Å². The summed E-state index contributed by atoms with van der Waals surface area (Å²) < 4.78 is 4.60. The molecule has 3 heteroatoms. The van der Waals surface area contributed by atoms with Crippen molar-refractivity contribution in [1.29, 1.82) is 0 Å². The molecular formula is C12H14O3. The van der Waals surface area contributed by atoms with Crippen molar-refractivity contribution in [3.8, 4) is 5.75 Å². The number of carbonyl (C=O) groups is 1. The van der Waals surface area contributed by atoms with Crippen molar-refractivity contribution < 1.29 is 14.6 Å². The maximum atomic E-state index is 11.3. The SMILES string of the molecule is C=CCc1ccc(C(=O)OC)c(C)c1O. The fourth-order valence-corrected chi connectivity index (χ4v) is 1.41. The first-order valence-electron chi connectivity index (χ1n) is 4.62. The van der Waals surface area contributed by atoms with E-state index < -0.39 is 5.97 Å². The van der Waals surface area contributed by atoms with Gasteiger partial charge < -0.3 is 9.84 Å². The number of benzene rings is 1. The molecule has 0 unspecified atom stereocenters. The van der Waals surface area contributed by atoms with E-state index in [0.29, 0.717) is 17.5 Å². The molecule has 0 fully saturated rings. The van der Waals surface area contributed by atoms with Crippen LogP contribution in [0.1, 0.15) is 21.5 Å². The van der Waals surface area contributed by atoms with E-state index in [2.05, 4.69) is 11.3 Å². The van der Waals surface area contributed by atoms with Gasteiger partial charge in [0.15, 0.2) is 0 Å². The number of hydrogen-bond acceptors (Lipinski definition) is 3. The molecule has 0 aliphatic heterocycles. The van der Waals surface area contributed by atoms with Gasteiger partial charge >= 0.3 is 5.97 Å². The Kier molecular flexibility index (Phi) is 3.50. The minimum atomic E-state index is -0.437. The molecule has 0 bridgehead atoms. The van der Waals surface area contributed by atoms with Gasteiger partial charge in [-0.25, -0.2) is 4.79 Å². The van der Waals surface area contributed by atoms with Crippen LogP contribution in [0, 0.1) is 6.92 Å². The average Bonchev–Trinajstić information content (AvgIpc) is 2.24. The molecule has 80 valence electrons. The maximum Gasteiger partial charge on any atom is 0.338 e. The van der Waals surface area contributed by atoms with Crippen LogP contribution in [0.5, 0.6) is 5.75 Å². The molecule has 15 heavy (non-hydrogen) atoms. The Morgan fingerprint density at radius 3 is 2.80 bits per heavy atom. The number of aromatic hydroxyl groups is 1. The Labute approximate surface area is 89.0 Å². The lowest BCUT2D eigenvalue weighted by molar-refractivity contribution is 0.0599. The van der Waals surface area contributed by atoms with E-state index in [9.17, 15) is 9.90 Å². The Bertz CT molecular complexity index is 394. The van der Waals surface area contributed by atoms with Crippen molar-refractivity contribution in [2.45, 2.75) is 13.3 Å². The number of methoxy groups -OCH3 is 1. The molecule has 0 radical (unpaired) electrons. The van der Waals surface area contributed by atoms with Crippen LogP contribution in [0.25, 0.3) is 0 Å². The maximum absolute atomic E-state index is 11.3. The number of rotatable bonds is 3. The normalized spacial score (nSPS) is 9.73. The number of ether oxygens (including phenoxy) is 1. The molecular weight excluding hydrogens is 192 g/mol. The van der Waals surface area contributed by atoms with Crippen LogP contribution in [0.2, 0.25) is 0 Å². The number of carbonyl (C=O) groups excluding carboxylic acids is 1. The van der Waals surface area contributed by atoms with Crippen molar-refractivity contribution in [2.75, 3.05) is 7.11 Å². The van der Waals surface area contributed by atoms with Crippen molar-refractivity contribution in [3.63, 3.8) is 0 Å². The lowest BCUT2D eigenvalue weighted by Gasteiger charge is -2.09. The molecule has 0 spiro atoms. The van der Waals surface area contributed by atoms with Gasteiger partial charge in [-0.1, -0.05) is 12.1 Å². The van der Waals surface area contributed by atoms with Crippen LogP contribution in [-0.4, -0.2) is 18.2 Å². The molecule has 3 nitrogen and oxygen atoms in total. The summed E-state index contributed by atoms with van der Waals surface area (Å²) in [5.41, 5.74) is 1.69. The topological polar surface area (TPSA) is 46.5 Å². The fraction of sp³-hybridized carbons (Fsp3) is 0.250. The second kappa shape index (κ2) is 4.64. The molecule has 1 aromatic rings. The highest BCUT2D eigenvalue weighted by Crippen LogP contribution is 2.26. The molecule has 0 heterocycles. The van der Waals surface area contributed by atoms with E-state index >= 15 is 0 Å². The van der Waals surface area contributed by atoms with E-state index in [1.807, 2.05) is 0 Å². The summed E-state index contributed by atoms with van der Waals surface area (Å²) in [5.74, 6) is -0.300. The second-order valence-corrected chi connectivity index (χ2v) is 3.23. The molecule has 0 aromatic heterocycles. The highest BCUT2D eigenvalue weighted by atomic mass is 16.5. The average molecular weight is 206 g/mol. The van der Waals surface area contributed by atoms with Gasteiger partial charge in [0.05, 0.1) is 12.7 Å². The van der Waals surface area contributed by atoms with Gasteiger partial charge in [-0.15, -0.1) is 6.58 Å². The molecule has 1 N–H and O–H groups in total. The summed E-state index contributed by atoms with van der Waals surface area (Å²) in [6.07, 6.45) is 2.28. The van der Waals surface area contributed by atoms with Crippen LogP contribution in [0.15, 0.2) is 24.8 Å². The lowest BCUT2D eigenvalue weighted by atomic mass is 10.0. The number of esters is 1. The monoisotopic (exact) mass is 206 g/mol. The van der Waals surface area contributed by atoms with Gasteiger partial charge in [-0.2, -0.15) is 0 Å². The van der Waals surface area contributed by atoms with Crippen molar-refractivity contribution >= 4 is 5.97 Å². The first-order valence-corrected chi connectivity index (χ1v) is 4.62. The largest absolute Gasteiger partial charge is 0.507 e. The molecule has 0 aliphatic rings. The quantitative estimate of drug-likeness (QED) is 0.609. The fourth-order valence-electron chi connectivity index (χ4n) is 1.41. The summed E-state index contributed by atoms with van der Waals surface area (Å²) in [6, 6.07) is 3.36. The van der Waals surface area contributed by atoms with Crippen LogP contribution in [0.3, 0.4) is 0 Å². The summed E-state index contributed by atoms with van der Waals surface area (Å²) in [6.45, 7) is 5.29. The van der Waals surface area contributed by atoms with Gasteiger partial charge in [0.2, 0.25) is 0 Å². The Morgan fingerprint density at radius 1 is 1.60 bits per heavy atom. The van der Waals surface area contributed by atoms with Crippen molar-refractivity contribution in [3.05, 3.63) is 41.5 Å². The minimum absolute atomic E-state index is 0.137. The third kappa shape index (κ3) is 2.18. The first-order chi connectivity index (χ1) is 7.11. The van der Waals surface area contributed by atoms with Gasteiger partial charge in [0, 0.05) is 5.56 Å². The van der Waals surface area contributed by atoms with Crippen LogP contribution in [-0.2, 0) is 11.2 Å². The molecule has 0 saturated carbocycles. The predicted octanol–water partition coefficient (Wildman–Crippen LogP) is 2.22. The third-order valence-electron chi connectivity index (χ3n) is 2.28. The van der Waals surface area contributed by atoms with Gasteiger partial charge in [-0.3, -0.25) is 0 Å². The summed E-state index contributed by atoms with van der Waals surface area (Å²) in [7, 11) is 1.32. The number of phenolic OH excluding ortho intramolecular Hbond substituents is 1. The summed E-state index contributed by atoms with van der Waals surface area (Å²) >= 11 is 0. The molecule has 1 rings (SSSR count). The molecule has 0 amide bonds. The lowest BCUT2D eigenvalue weighted by Crippen LogP contribution is -2.04. The predicted molar refractivity (Wildman–Crippen MR) is 58.1 cm³/mol. The minimum Gasteiger partial charge on any atom is -0.507 e. The number of hydrogen-bond donors (Lipinski definition) is 1. The van der Waals surface area contributed by atoms with E-state index in [0.717, 1.165) is 5.56 Å². The summed E-state index contributed by atoms with van der Waals surface area (Å²) in [5, 5.41) is 9.80. The molecule has 0 atom stereocenters. The Hall–Kier alpha value is -1.77. The van der Waals surface area contributed by atoms with Gasteiger partial charge in [0.25, 0.3) is 0 Å². The zero-order valence-electron chi connectivity index (χ0n) is 8.91. The van der Waals surface area contributed by atoms with Crippen LogP contribution >= 0.6 is 0 Å². The van der Waals surface area contributed by atoms with E-state index in [1.165, 1.54) is 7.11 Å². The first kappa shape index (κ1) is 11.3. The molecule has 0 saturated heterocycles. The number of phenols is 1. The second-order valence-electron chi connectivity index (χ2n) is 3.23. The Balaban J connectivity index is 3.20. The van der Waals surface area contributed by atoms with Crippen LogP contribution < -0.4 is 0 Å². The van der Waals surface area contributed by atoms with E-state index in [4.69, 9.17) is 0 Å². The summed E-state index contributed by atoms with van der Waals surface area (Å²) in [4.78, 5) is 11.3. The zero-order chi connectivity index (χ0) is 11.4. The highest BCUT2D eigenvalue weighted by molar-refractivity contribution is 5.91. The molecule has 0 aliphatic carbocycles. The smallest absolute Gasteiger partial charge is 0.338 e. The third-order valence-corrected chi connectivity index (χ3v) is 2.28. The van der Waals surface area contributed by atoms with Crippen molar-refractivity contribution in [1.82, 2.24) is 0 Å².